The van der Waals surface area contributed by atoms with Gasteiger partial charge in [0.1, 0.15) is 11.6 Å². The van der Waals surface area contributed by atoms with Gasteiger partial charge in [-0.05, 0) is 36.8 Å². The number of ether oxygens (including phenoxy) is 1. The lowest BCUT2D eigenvalue weighted by Crippen LogP contribution is -1.98. The van der Waals surface area contributed by atoms with E-state index in [-0.39, 0.29) is 5.82 Å². The summed E-state index contributed by atoms with van der Waals surface area (Å²) >= 11 is 0. The molecule has 0 aliphatic rings. The van der Waals surface area contributed by atoms with Crippen LogP contribution in [-0.2, 0) is 0 Å². The lowest BCUT2D eigenvalue weighted by Gasteiger charge is -2.11. The molecule has 4 heteroatoms. The maximum Gasteiger partial charge on any atom is 0.128 e. The number of hydrogen-bond donors (Lipinski definition) is 1. The van der Waals surface area contributed by atoms with Crippen molar-refractivity contribution in [1.29, 1.82) is 0 Å². The minimum absolute atomic E-state index is 0.344. The number of aromatic nitrogens is 1. The average Bonchev–Trinajstić information content (AvgIpc) is 2.33. The molecule has 88 valence electrons. The summed E-state index contributed by atoms with van der Waals surface area (Å²) in [5, 5.41) is 0. The zero-order valence-electron chi connectivity index (χ0n) is 9.70. The third-order valence-electron chi connectivity index (χ3n) is 2.62. The van der Waals surface area contributed by atoms with Crippen molar-refractivity contribution >= 4 is 5.69 Å². The summed E-state index contributed by atoms with van der Waals surface area (Å²) in [7, 11) is 1.53. The number of pyridine rings is 1. The summed E-state index contributed by atoms with van der Waals surface area (Å²) in [4.78, 5) is 4.19. The first-order valence-electron chi connectivity index (χ1n) is 5.18. The molecule has 3 nitrogen and oxygen atoms in total. The fourth-order valence-corrected chi connectivity index (χ4v) is 1.65. The molecule has 0 unspecified atom stereocenters. The van der Waals surface area contributed by atoms with E-state index in [9.17, 15) is 4.39 Å². The third kappa shape index (κ3) is 2.06. The maximum atomic E-state index is 13.3. The second kappa shape index (κ2) is 4.41. The standard InChI is InChI=1S/C13H13FN2O/c1-8-5-6-16-13(12(8)15)10-7-9(14)3-4-11(10)17-2/h3-7H,15H2,1-2H3. The number of nitrogens with zero attached hydrogens (tertiary/aromatic N) is 1. The van der Waals surface area contributed by atoms with E-state index >= 15 is 0 Å². The van der Waals surface area contributed by atoms with Gasteiger partial charge in [0.15, 0.2) is 0 Å². The number of aryl methyl sites for hydroxylation is 1. The van der Waals surface area contributed by atoms with Crippen LogP contribution in [0.4, 0.5) is 10.1 Å². The highest BCUT2D eigenvalue weighted by Crippen LogP contribution is 2.33. The second-order valence-electron chi connectivity index (χ2n) is 3.73. The van der Waals surface area contributed by atoms with Crippen LogP contribution in [0.15, 0.2) is 30.5 Å². The number of hydrogen-bond acceptors (Lipinski definition) is 3. The van der Waals surface area contributed by atoms with Crippen molar-refractivity contribution in [3.8, 4) is 17.0 Å². The Bertz CT molecular complexity index is 555. The van der Waals surface area contributed by atoms with Crippen molar-refractivity contribution in [2.24, 2.45) is 0 Å². The molecule has 1 aromatic heterocycles. The first kappa shape index (κ1) is 11.4. The van der Waals surface area contributed by atoms with E-state index in [2.05, 4.69) is 4.98 Å². The van der Waals surface area contributed by atoms with Crippen LogP contribution in [0, 0.1) is 12.7 Å². The zero-order valence-corrected chi connectivity index (χ0v) is 9.70. The molecule has 17 heavy (non-hydrogen) atoms. The van der Waals surface area contributed by atoms with Gasteiger partial charge in [0.2, 0.25) is 0 Å². The van der Waals surface area contributed by atoms with Gasteiger partial charge in [-0.1, -0.05) is 0 Å². The van der Waals surface area contributed by atoms with Crippen molar-refractivity contribution in [2.45, 2.75) is 6.92 Å². The molecule has 0 aliphatic heterocycles. The Balaban J connectivity index is 2.67. The molecule has 2 aromatic rings. The van der Waals surface area contributed by atoms with Gasteiger partial charge in [-0.15, -0.1) is 0 Å². The summed E-state index contributed by atoms with van der Waals surface area (Å²) in [6.07, 6.45) is 1.64. The Morgan fingerprint density at radius 3 is 2.76 bits per heavy atom. The van der Waals surface area contributed by atoms with E-state index < -0.39 is 0 Å². The van der Waals surface area contributed by atoms with E-state index in [0.717, 1.165) is 5.56 Å². The molecule has 0 aliphatic carbocycles. The summed E-state index contributed by atoms with van der Waals surface area (Å²) in [6.45, 7) is 1.88. The van der Waals surface area contributed by atoms with Crippen LogP contribution in [0.3, 0.4) is 0 Å². The fraction of sp³-hybridized carbons (Fsp3) is 0.154. The minimum Gasteiger partial charge on any atom is -0.496 e. The molecule has 0 saturated heterocycles. The number of rotatable bonds is 2. The molecular weight excluding hydrogens is 219 g/mol. The first-order chi connectivity index (χ1) is 8.13. The molecule has 2 rings (SSSR count). The van der Waals surface area contributed by atoms with Gasteiger partial charge in [0.25, 0.3) is 0 Å². The largest absolute Gasteiger partial charge is 0.496 e. The van der Waals surface area contributed by atoms with Gasteiger partial charge < -0.3 is 10.5 Å². The van der Waals surface area contributed by atoms with Crippen molar-refractivity contribution in [1.82, 2.24) is 4.98 Å². The summed E-state index contributed by atoms with van der Waals surface area (Å²) in [5.74, 6) is 0.208. The van der Waals surface area contributed by atoms with Gasteiger partial charge in [-0.3, -0.25) is 4.98 Å². The molecule has 0 amide bonds. The van der Waals surface area contributed by atoms with Crippen LogP contribution in [0.25, 0.3) is 11.3 Å². The van der Waals surface area contributed by atoms with E-state index in [0.29, 0.717) is 22.7 Å². The van der Waals surface area contributed by atoms with E-state index in [1.807, 2.05) is 13.0 Å². The number of anilines is 1. The number of benzene rings is 1. The molecule has 1 aromatic carbocycles. The number of methoxy groups -OCH3 is 1. The fourth-order valence-electron chi connectivity index (χ4n) is 1.65. The van der Waals surface area contributed by atoms with Crippen molar-refractivity contribution in [2.75, 3.05) is 12.8 Å². The molecule has 0 bridgehead atoms. The van der Waals surface area contributed by atoms with Crippen molar-refractivity contribution in [3.63, 3.8) is 0 Å². The van der Waals surface area contributed by atoms with Gasteiger partial charge in [0, 0.05) is 11.8 Å². The monoisotopic (exact) mass is 232 g/mol. The van der Waals surface area contributed by atoms with Gasteiger partial charge in [0.05, 0.1) is 18.5 Å². The molecular formula is C13H13FN2O. The number of nitrogen functional groups attached to an aromatic ring is 1. The zero-order chi connectivity index (χ0) is 12.4. The molecule has 0 spiro atoms. The predicted octanol–water partition coefficient (Wildman–Crippen LogP) is 2.79. The van der Waals surface area contributed by atoms with Crippen molar-refractivity contribution in [3.05, 3.63) is 41.8 Å². The van der Waals surface area contributed by atoms with E-state index in [1.54, 1.807) is 12.3 Å². The average molecular weight is 232 g/mol. The summed E-state index contributed by atoms with van der Waals surface area (Å²) in [5.41, 5.74) is 8.50. The SMILES string of the molecule is COc1ccc(F)cc1-c1nccc(C)c1N. The lowest BCUT2D eigenvalue weighted by atomic mass is 10.1. The molecule has 0 saturated carbocycles. The Kier molecular flexibility index (Phi) is 2.95. The Hall–Kier alpha value is -2.10. The lowest BCUT2D eigenvalue weighted by molar-refractivity contribution is 0.415. The smallest absolute Gasteiger partial charge is 0.128 e. The van der Waals surface area contributed by atoms with Gasteiger partial charge in [-0.25, -0.2) is 4.39 Å². The van der Waals surface area contributed by atoms with Gasteiger partial charge in [-0.2, -0.15) is 0 Å². The molecule has 1 heterocycles. The Morgan fingerprint density at radius 1 is 1.29 bits per heavy atom. The quantitative estimate of drug-likeness (QED) is 0.866. The number of halogens is 1. The highest BCUT2D eigenvalue weighted by atomic mass is 19.1. The third-order valence-corrected chi connectivity index (χ3v) is 2.62. The van der Waals surface area contributed by atoms with Crippen LogP contribution in [-0.4, -0.2) is 12.1 Å². The normalized spacial score (nSPS) is 10.3. The maximum absolute atomic E-state index is 13.3. The van der Waals surface area contributed by atoms with Crippen LogP contribution in [0.5, 0.6) is 5.75 Å². The minimum atomic E-state index is -0.344. The van der Waals surface area contributed by atoms with Crippen LogP contribution < -0.4 is 10.5 Å². The van der Waals surface area contributed by atoms with E-state index in [4.69, 9.17) is 10.5 Å². The highest BCUT2D eigenvalue weighted by Gasteiger charge is 2.12. The first-order valence-corrected chi connectivity index (χ1v) is 5.18. The predicted molar refractivity (Wildman–Crippen MR) is 65.3 cm³/mol. The summed E-state index contributed by atoms with van der Waals surface area (Å²) in [6, 6.07) is 6.09. The Morgan fingerprint density at radius 2 is 2.06 bits per heavy atom. The van der Waals surface area contributed by atoms with Crippen LogP contribution in [0.1, 0.15) is 5.56 Å². The second-order valence-corrected chi connectivity index (χ2v) is 3.73. The van der Waals surface area contributed by atoms with Crippen LogP contribution in [0.2, 0.25) is 0 Å². The number of nitrogens with two attached hydrogens (primary N) is 1. The highest BCUT2D eigenvalue weighted by molar-refractivity contribution is 5.78. The summed E-state index contributed by atoms with van der Waals surface area (Å²) < 4.78 is 18.5. The van der Waals surface area contributed by atoms with Gasteiger partial charge >= 0.3 is 0 Å². The van der Waals surface area contributed by atoms with Crippen molar-refractivity contribution < 1.29 is 9.13 Å². The molecule has 2 N–H and O–H groups in total. The molecule has 0 radical (unpaired) electrons. The Labute approximate surface area is 99.1 Å². The van der Waals surface area contributed by atoms with Crippen LogP contribution >= 0.6 is 0 Å². The van der Waals surface area contributed by atoms with E-state index in [1.165, 1.54) is 19.2 Å². The molecule has 0 fully saturated rings. The topological polar surface area (TPSA) is 48.1 Å². The molecule has 0 atom stereocenters.